The molecule has 102 valence electrons. The number of aliphatic imine (C=N–C) groups is 1. The van der Waals surface area contributed by atoms with E-state index in [1.54, 1.807) is 6.07 Å². The first-order chi connectivity index (χ1) is 9.55. The van der Waals surface area contributed by atoms with Gasteiger partial charge in [0.15, 0.2) is 11.4 Å². The first-order valence-corrected chi connectivity index (χ1v) is 7.10. The lowest BCUT2D eigenvalue weighted by Crippen LogP contribution is -2.12. The van der Waals surface area contributed by atoms with Crippen LogP contribution in [-0.4, -0.2) is 11.4 Å². The molecule has 0 saturated carbocycles. The van der Waals surface area contributed by atoms with E-state index in [0.717, 1.165) is 22.2 Å². The molecular weight excluding hydrogens is 274 g/mol. The van der Waals surface area contributed by atoms with Crippen LogP contribution < -0.4 is 10.9 Å². The number of amidine groups is 1. The molecular formula is C14H13N3O2S. The highest BCUT2D eigenvalue weighted by Gasteiger charge is 2.07. The van der Waals surface area contributed by atoms with Crippen molar-refractivity contribution in [1.29, 1.82) is 5.26 Å². The van der Waals surface area contributed by atoms with Crippen molar-refractivity contribution < 1.29 is 4.42 Å². The number of hydrogen-bond donors (Lipinski definition) is 1. The standard InChI is InChI=1S/C14H13N3O2S/c1-8-5-13(18)19-12-4-9(2)11(6-10(8)12)17-14(20-3)16-7-15/h4-6H,1-3H3,(H,16,17). The van der Waals surface area contributed by atoms with Crippen LogP contribution in [0.25, 0.3) is 11.0 Å². The average molecular weight is 287 g/mol. The lowest BCUT2D eigenvalue weighted by Gasteiger charge is -2.06. The summed E-state index contributed by atoms with van der Waals surface area (Å²) >= 11 is 1.35. The Balaban J connectivity index is 2.64. The zero-order valence-corrected chi connectivity index (χ0v) is 12.2. The molecule has 0 atom stereocenters. The largest absolute Gasteiger partial charge is 0.423 e. The molecule has 0 bridgehead atoms. The predicted octanol–water partition coefficient (Wildman–Crippen LogP) is 2.83. The molecule has 2 aromatic rings. The van der Waals surface area contributed by atoms with E-state index in [1.165, 1.54) is 17.8 Å². The Hall–Kier alpha value is -2.26. The van der Waals surface area contributed by atoms with E-state index >= 15 is 0 Å². The van der Waals surface area contributed by atoms with Gasteiger partial charge in [0.1, 0.15) is 5.58 Å². The third-order valence-corrected chi connectivity index (χ3v) is 3.43. The summed E-state index contributed by atoms with van der Waals surface area (Å²) in [5, 5.41) is 12.5. The van der Waals surface area contributed by atoms with E-state index in [-0.39, 0.29) is 5.63 Å². The fourth-order valence-corrected chi connectivity index (χ4v) is 2.19. The smallest absolute Gasteiger partial charge is 0.336 e. The average Bonchev–Trinajstić information content (AvgIpc) is 2.39. The number of nitriles is 1. The Morgan fingerprint density at radius 2 is 2.10 bits per heavy atom. The normalized spacial score (nSPS) is 11.4. The third-order valence-electron chi connectivity index (χ3n) is 2.85. The number of rotatable bonds is 1. The van der Waals surface area contributed by atoms with Crippen LogP contribution in [0.2, 0.25) is 0 Å². The van der Waals surface area contributed by atoms with Crippen LogP contribution in [0, 0.1) is 25.3 Å². The Morgan fingerprint density at radius 3 is 2.75 bits per heavy atom. The molecule has 5 nitrogen and oxygen atoms in total. The molecule has 0 fully saturated rings. The zero-order chi connectivity index (χ0) is 14.7. The van der Waals surface area contributed by atoms with Gasteiger partial charge in [0.05, 0.1) is 5.69 Å². The maximum Gasteiger partial charge on any atom is 0.336 e. The van der Waals surface area contributed by atoms with E-state index in [2.05, 4.69) is 10.3 Å². The van der Waals surface area contributed by atoms with Crippen LogP contribution in [0.15, 0.2) is 32.4 Å². The van der Waals surface area contributed by atoms with Gasteiger partial charge < -0.3 is 4.42 Å². The van der Waals surface area contributed by atoms with Crippen LogP contribution in [0.5, 0.6) is 0 Å². The van der Waals surface area contributed by atoms with Crippen LogP contribution in [-0.2, 0) is 0 Å². The number of nitrogens with zero attached hydrogens (tertiary/aromatic N) is 2. The molecule has 0 spiro atoms. The van der Waals surface area contributed by atoms with Crippen LogP contribution in [0.1, 0.15) is 11.1 Å². The van der Waals surface area contributed by atoms with Gasteiger partial charge in [0.25, 0.3) is 0 Å². The van der Waals surface area contributed by atoms with Crippen molar-refractivity contribution in [3.63, 3.8) is 0 Å². The van der Waals surface area contributed by atoms with Crippen molar-refractivity contribution in [3.05, 3.63) is 39.7 Å². The Kier molecular flexibility index (Phi) is 4.11. The summed E-state index contributed by atoms with van der Waals surface area (Å²) in [6, 6.07) is 5.10. The molecule has 1 aromatic heterocycles. The zero-order valence-electron chi connectivity index (χ0n) is 11.4. The fraction of sp³-hybridized carbons (Fsp3) is 0.214. The molecule has 0 unspecified atom stereocenters. The number of thioether (sulfide) groups is 1. The van der Waals surface area contributed by atoms with Crippen LogP contribution in [0.4, 0.5) is 5.69 Å². The third kappa shape index (κ3) is 2.83. The van der Waals surface area contributed by atoms with Gasteiger partial charge in [0.2, 0.25) is 0 Å². The number of nitrogens with one attached hydrogen (secondary N) is 1. The number of benzene rings is 1. The molecule has 1 aromatic carbocycles. The molecule has 0 aliphatic rings. The molecule has 20 heavy (non-hydrogen) atoms. The minimum atomic E-state index is -0.360. The molecule has 0 saturated heterocycles. The highest BCUT2D eigenvalue weighted by atomic mass is 32.2. The first-order valence-electron chi connectivity index (χ1n) is 5.88. The summed E-state index contributed by atoms with van der Waals surface area (Å²) in [6.45, 7) is 3.73. The van der Waals surface area contributed by atoms with E-state index in [4.69, 9.17) is 9.68 Å². The van der Waals surface area contributed by atoms with Gasteiger partial charge in [0, 0.05) is 11.5 Å². The van der Waals surface area contributed by atoms with Gasteiger partial charge in [-0.15, -0.1) is 0 Å². The molecule has 0 aliphatic heterocycles. The van der Waals surface area contributed by atoms with E-state index < -0.39 is 0 Å². The Morgan fingerprint density at radius 1 is 1.35 bits per heavy atom. The molecule has 1 N–H and O–H groups in total. The van der Waals surface area contributed by atoms with Crippen molar-refractivity contribution in [2.24, 2.45) is 4.99 Å². The quantitative estimate of drug-likeness (QED) is 0.287. The molecule has 0 aliphatic carbocycles. The Bertz CT molecular complexity index is 787. The molecule has 0 radical (unpaired) electrons. The van der Waals surface area contributed by atoms with E-state index in [0.29, 0.717) is 10.8 Å². The van der Waals surface area contributed by atoms with E-state index in [1.807, 2.05) is 32.4 Å². The summed E-state index contributed by atoms with van der Waals surface area (Å²) in [5.41, 5.74) is 2.64. The Labute approximate surface area is 120 Å². The maximum absolute atomic E-state index is 11.4. The second-order valence-electron chi connectivity index (χ2n) is 4.24. The summed E-state index contributed by atoms with van der Waals surface area (Å²) in [6.07, 6.45) is 3.69. The van der Waals surface area contributed by atoms with E-state index in [9.17, 15) is 4.79 Å². The SMILES string of the molecule is CSC(=Nc1cc2c(C)cc(=O)oc2cc1C)NC#N. The minimum absolute atomic E-state index is 0.360. The second kappa shape index (κ2) is 5.80. The van der Waals surface area contributed by atoms with Gasteiger partial charge in [-0.3, -0.25) is 5.32 Å². The van der Waals surface area contributed by atoms with Crippen molar-refractivity contribution in [2.45, 2.75) is 13.8 Å². The summed E-state index contributed by atoms with van der Waals surface area (Å²) in [5.74, 6) is 0. The summed E-state index contributed by atoms with van der Waals surface area (Å²) < 4.78 is 5.18. The number of aryl methyl sites for hydroxylation is 2. The van der Waals surface area contributed by atoms with Gasteiger partial charge in [-0.1, -0.05) is 11.8 Å². The maximum atomic E-state index is 11.4. The minimum Gasteiger partial charge on any atom is -0.423 e. The predicted molar refractivity (Wildman–Crippen MR) is 81.3 cm³/mol. The highest BCUT2D eigenvalue weighted by molar-refractivity contribution is 8.13. The fourth-order valence-electron chi connectivity index (χ4n) is 1.86. The van der Waals surface area contributed by atoms with Crippen molar-refractivity contribution in [3.8, 4) is 6.19 Å². The molecule has 6 heteroatoms. The summed E-state index contributed by atoms with van der Waals surface area (Å²) in [4.78, 5) is 15.8. The van der Waals surface area contributed by atoms with Crippen molar-refractivity contribution >= 4 is 33.6 Å². The van der Waals surface area contributed by atoms with Gasteiger partial charge in [-0.05, 0) is 43.4 Å². The number of hydrogen-bond acceptors (Lipinski definition) is 5. The first kappa shape index (κ1) is 14.2. The topological polar surface area (TPSA) is 78.4 Å². The van der Waals surface area contributed by atoms with Crippen molar-refractivity contribution in [2.75, 3.05) is 6.26 Å². The monoisotopic (exact) mass is 287 g/mol. The lowest BCUT2D eigenvalue weighted by atomic mass is 10.1. The van der Waals surface area contributed by atoms with Crippen molar-refractivity contribution in [1.82, 2.24) is 5.32 Å². The van der Waals surface area contributed by atoms with Crippen LogP contribution >= 0.6 is 11.8 Å². The molecule has 2 rings (SSSR count). The van der Waals surface area contributed by atoms with Gasteiger partial charge in [-0.2, -0.15) is 5.26 Å². The molecule has 0 amide bonds. The van der Waals surface area contributed by atoms with Gasteiger partial charge >= 0.3 is 5.63 Å². The highest BCUT2D eigenvalue weighted by Crippen LogP contribution is 2.27. The number of fused-ring (bicyclic) bond motifs is 1. The molecule has 1 heterocycles. The lowest BCUT2D eigenvalue weighted by molar-refractivity contribution is 0.559. The van der Waals surface area contributed by atoms with Crippen LogP contribution in [0.3, 0.4) is 0 Å². The second-order valence-corrected chi connectivity index (χ2v) is 5.04. The van der Waals surface area contributed by atoms with Gasteiger partial charge in [-0.25, -0.2) is 9.79 Å². The summed E-state index contributed by atoms with van der Waals surface area (Å²) in [7, 11) is 0.